The summed E-state index contributed by atoms with van der Waals surface area (Å²) in [5, 5.41) is 0. The maximum absolute atomic E-state index is 12.9. The molecule has 0 rings (SSSR count). The second kappa shape index (κ2) is 65.2. The van der Waals surface area contributed by atoms with Crippen molar-refractivity contribution in [2.45, 2.75) is 380 Å². The number of allylic oxidation sites excluding steroid dienone is 6. The van der Waals surface area contributed by atoms with E-state index in [1.54, 1.807) is 0 Å². The monoisotopic (exact) mass is 1070 g/mol. The molecule has 0 radical (unpaired) electrons. The van der Waals surface area contributed by atoms with Crippen LogP contribution in [0.1, 0.15) is 374 Å². The molecule has 0 aromatic carbocycles. The number of esters is 3. The maximum atomic E-state index is 12.9. The van der Waals surface area contributed by atoms with Gasteiger partial charge in [0.2, 0.25) is 0 Å². The smallest absolute Gasteiger partial charge is 0.306 e. The van der Waals surface area contributed by atoms with Crippen LogP contribution in [-0.4, -0.2) is 37.2 Å². The molecule has 0 aromatic rings. The van der Waals surface area contributed by atoms with Crippen molar-refractivity contribution in [1.82, 2.24) is 0 Å². The molecule has 0 aromatic heterocycles. The van der Waals surface area contributed by atoms with Gasteiger partial charge in [0.1, 0.15) is 13.2 Å². The molecule has 6 nitrogen and oxygen atoms in total. The summed E-state index contributed by atoms with van der Waals surface area (Å²) >= 11 is 0. The predicted molar refractivity (Wildman–Crippen MR) is 330 cm³/mol. The Labute approximate surface area is 474 Å². The summed E-state index contributed by atoms with van der Waals surface area (Å²) in [5.41, 5.74) is 0. The van der Waals surface area contributed by atoms with E-state index in [2.05, 4.69) is 57.2 Å². The maximum Gasteiger partial charge on any atom is 0.306 e. The Morgan fingerprint density at radius 1 is 0.263 bits per heavy atom. The van der Waals surface area contributed by atoms with Crippen LogP contribution in [0.4, 0.5) is 0 Å². The Hall–Kier alpha value is -2.37. The van der Waals surface area contributed by atoms with E-state index in [1.165, 1.54) is 263 Å². The lowest BCUT2D eigenvalue weighted by Crippen LogP contribution is -2.30. The van der Waals surface area contributed by atoms with Gasteiger partial charge in [-0.2, -0.15) is 0 Å². The molecule has 1 atom stereocenters. The van der Waals surface area contributed by atoms with Gasteiger partial charge in [-0.3, -0.25) is 14.4 Å². The molecule has 446 valence electrons. The average molecular weight is 1070 g/mol. The van der Waals surface area contributed by atoms with Crippen molar-refractivity contribution in [3.63, 3.8) is 0 Å². The fourth-order valence-electron chi connectivity index (χ4n) is 10.2. The van der Waals surface area contributed by atoms with Crippen molar-refractivity contribution < 1.29 is 28.6 Å². The third-order valence-corrected chi connectivity index (χ3v) is 15.4. The zero-order chi connectivity index (χ0) is 55.0. The van der Waals surface area contributed by atoms with E-state index in [9.17, 15) is 14.4 Å². The van der Waals surface area contributed by atoms with Gasteiger partial charge in [-0.05, 0) is 77.0 Å². The molecule has 0 aliphatic carbocycles. The Morgan fingerprint density at radius 3 is 0.763 bits per heavy atom. The minimum atomic E-state index is -0.770. The molecule has 0 aliphatic heterocycles. The normalized spacial score (nSPS) is 12.2. The van der Waals surface area contributed by atoms with E-state index in [1.807, 2.05) is 0 Å². The highest BCUT2D eigenvalue weighted by atomic mass is 16.6. The first kappa shape index (κ1) is 73.6. The zero-order valence-electron chi connectivity index (χ0n) is 51.3. The number of hydrogen-bond donors (Lipinski definition) is 0. The fourth-order valence-corrected chi connectivity index (χ4v) is 10.2. The van der Waals surface area contributed by atoms with Crippen LogP contribution >= 0.6 is 0 Å². The van der Waals surface area contributed by atoms with E-state index >= 15 is 0 Å². The fraction of sp³-hybridized carbons (Fsp3) is 0.871. The number of unbranched alkanes of at least 4 members (excludes halogenated alkanes) is 46. The Kier molecular flexibility index (Phi) is 63.1. The first-order valence-electron chi connectivity index (χ1n) is 34.0. The van der Waals surface area contributed by atoms with Gasteiger partial charge in [-0.25, -0.2) is 0 Å². The molecule has 0 amide bonds. The van der Waals surface area contributed by atoms with Crippen molar-refractivity contribution >= 4 is 17.9 Å². The molecule has 6 heteroatoms. The predicted octanol–water partition coefficient (Wildman–Crippen LogP) is 23.2. The average Bonchev–Trinajstić information content (AvgIpc) is 3.42. The first-order chi connectivity index (χ1) is 37.5. The topological polar surface area (TPSA) is 78.9 Å². The van der Waals surface area contributed by atoms with Crippen molar-refractivity contribution in [3.8, 4) is 0 Å². The largest absolute Gasteiger partial charge is 0.462 e. The van der Waals surface area contributed by atoms with Gasteiger partial charge >= 0.3 is 17.9 Å². The highest BCUT2D eigenvalue weighted by Crippen LogP contribution is 2.18. The molecular formula is C70H130O6. The van der Waals surface area contributed by atoms with Gasteiger partial charge < -0.3 is 14.2 Å². The van der Waals surface area contributed by atoms with Crippen LogP contribution in [-0.2, 0) is 28.6 Å². The second-order valence-electron chi connectivity index (χ2n) is 23.1. The highest BCUT2D eigenvalue weighted by Gasteiger charge is 2.19. The zero-order valence-corrected chi connectivity index (χ0v) is 51.3. The molecular weight excluding hydrogens is 937 g/mol. The van der Waals surface area contributed by atoms with Gasteiger partial charge in [0.15, 0.2) is 6.10 Å². The van der Waals surface area contributed by atoms with Gasteiger partial charge in [0.25, 0.3) is 0 Å². The number of carbonyl (C=O) groups excluding carboxylic acids is 3. The van der Waals surface area contributed by atoms with Crippen LogP contribution in [0, 0.1) is 0 Å². The summed E-state index contributed by atoms with van der Waals surface area (Å²) in [6.45, 7) is 6.65. The SMILES string of the molecule is CCCCC/C=C\CCCCCCCC(=O)OCC(COC(=O)CCCCCCCCCCCCCCCCCCCCCCC/C=C\C/C=C\CCCCCCC)OC(=O)CCCCCCCCCCCCCCC. The van der Waals surface area contributed by atoms with E-state index in [0.717, 1.165) is 70.6 Å². The van der Waals surface area contributed by atoms with Crippen molar-refractivity contribution in [2.75, 3.05) is 13.2 Å². The summed E-state index contributed by atoms with van der Waals surface area (Å²) < 4.78 is 16.9. The molecule has 0 fully saturated rings. The quantitative estimate of drug-likeness (QED) is 0.0261. The van der Waals surface area contributed by atoms with Crippen molar-refractivity contribution in [1.29, 1.82) is 0 Å². The van der Waals surface area contributed by atoms with Crippen LogP contribution in [0.5, 0.6) is 0 Å². The van der Waals surface area contributed by atoms with Gasteiger partial charge in [-0.15, -0.1) is 0 Å². The van der Waals surface area contributed by atoms with Gasteiger partial charge in [-0.1, -0.05) is 314 Å². The number of carbonyl (C=O) groups is 3. The third kappa shape index (κ3) is 62.5. The van der Waals surface area contributed by atoms with E-state index < -0.39 is 6.10 Å². The number of hydrogen-bond acceptors (Lipinski definition) is 6. The standard InChI is InChI=1S/C70H130O6/c1-4-7-10-13-16-19-22-25-26-27-28-29-30-31-32-33-34-35-36-37-38-39-40-41-42-43-44-46-48-51-54-57-60-63-69(72)75-66-67(65-74-68(71)62-59-56-53-50-47-24-21-18-15-12-9-6-3)76-70(73)64-61-58-55-52-49-45-23-20-17-14-11-8-5-2/h18,21-22,25,27-28,67H,4-17,19-20,23-24,26,29-66H2,1-3H3/b21-18-,25-22-,28-27-. The molecule has 0 spiro atoms. The summed E-state index contributed by atoms with van der Waals surface area (Å²) in [5.74, 6) is -0.854. The lowest BCUT2D eigenvalue weighted by molar-refractivity contribution is -0.167. The number of rotatable bonds is 63. The Morgan fingerprint density at radius 2 is 0.474 bits per heavy atom. The summed E-state index contributed by atoms with van der Waals surface area (Å²) in [6, 6.07) is 0. The second-order valence-corrected chi connectivity index (χ2v) is 23.1. The minimum absolute atomic E-state index is 0.0687. The summed E-state index contributed by atoms with van der Waals surface area (Å²) in [7, 11) is 0. The lowest BCUT2D eigenvalue weighted by Gasteiger charge is -2.18. The molecule has 0 aliphatic rings. The van der Waals surface area contributed by atoms with Crippen LogP contribution in [0.2, 0.25) is 0 Å². The van der Waals surface area contributed by atoms with Crippen LogP contribution in [0.3, 0.4) is 0 Å². The van der Waals surface area contributed by atoms with Gasteiger partial charge in [0.05, 0.1) is 0 Å². The van der Waals surface area contributed by atoms with Gasteiger partial charge in [0, 0.05) is 19.3 Å². The first-order valence-corrected chi connectivity index (χ1v) is 34.0. The van der Waals surface area contributed by atoms with Crippen LogP contribution in [0.15, 0.2) is 36.5 Å². The summed E-state index contributed by atoms with van der Waals surface area (Å²) in [6.07, 6.45) is 80.4. The molecule has 1 unspecified atom stereocenters. The third-order valence-electron chi connectivity index (χ3n) is 15.4. The Bertz CT molecular complexity index is 1270. The molecule has 0 heterocycles. The van der Waals surface area contributed by atoms with E-state index in [0.29, 0.717) is 19.3 Å². The van der Waals surface area contributed by atoms with E-state index in [-0.39, 0.29) is 31.1 Å². The molecule has 76 heavy (non-hydrogen) atoms. The van der Waals surface area contributed by atoms with Crippen LogP contribution < -0.4 is 0 Å². The summed E-state index contributed by atoms with van der Waals surface area (Å²) in [4.78, 5) is 38.2. The van der Waals surface area contributed by atoms with Crippen LogP contribution in [0.25, 0.3) is 0 Å². The Balaban J connectivity index is 4.04. The number of ether oxygens (including phenoxy) is 3. The molecule has 0 N–H and O–H groups in total. The van der Waals surface area contributed by atoms with Crippen molar-refractivity contribution in [2.24, 2.45) is 0 Å². The molecule has 0 saturated carbocycles. The molecule has 0 bridgehead atoms. The molecule has 0 saturated heterocycles. The minimum Gasteiger partial charge on any atom is -0.462 e. The highest BCUT2D eigenvalue weighted by molar-refractivity contribution is 5.71. The van der Waals surface area contributed by atoms with Crippen molar-refractivity contribution in [3.05, 3.63) is 36.5 Å². The van der Waals surface area contributed by atoms with E-state index in [4.69, 9.17) is 14.2 Å². The lowest BCUT2D eigenvalue weighted by atomic mass is 10.0.